The molecule has 3 aliphatic rings. The predicted molar refractivity (Wildman–Crippen MR) is 177 cm³/mol. The molecule has 0 radical (unpaired) electrons. The van der Waals surface area contributed by atoms with E-state index in [-0.39, 0.29) is 50.5 Å². The summed E-state index contributed by atoms with van der Waals surface area (Å²) >= 11 is 6.16. The van der Waals surface area contributed by atoms with Crippen LogP contribution in [0.3, 0.4) is 0 Å². The minimum atomic E-state index is -1.24. The van der Waals surface area contributed by atoms with Crippen molar-refractivity contribution in [1.29, 1.82) is 0 Å². The molecule has 1 aliphatic heterocycles. The van der Waals surface area contributed by atoms with Gasteiger partial charge in [0.1, 0.15) is 18.8 Å². The Morgan fingerprint density at radius 1 is 1.13 bits per heavy atom. The maximum Gasteiger partial charge on any atom is 0.249 e. The number of nitrogens with one attached hydrogen (secondary N) is 1. The minimum absolute atomic E-state index is 0.0204. The van der Waals surface area contributed by atoms with Crippen LogP contribution in [-0.2, 0) is 27.5 Å². The van der Waals surface area contributed by atoms with E-state index < -0.39 is 30.1 Å². The van der Waals surface area contributed by atoms with Crippen molar-refractivity contribution in [2.45, 2.75) is 83.5 Å². The number of carbonyl (C=O) groups is 2. The zero-order valence-corrected chi connectivity index (χ0v) is 28.3. The Balaban J connectivity index is 1.52. The first-order valence-corrected chi connectivity index (χ1v) is 16.9. The molecular weight excluding hydrogens is 624 g/mol. The highest BCUT2D eigenvalue weighted by Crippen LogP contribution is 2.51. The zero-order chi connectivity index (χ0) is 33.8. The van der Waals surface area contributed by atoms with Crippen LogP contribution in [0.5, 0.6) is 11.5 Å². The van der Waals surface area contributed by atoms with Gasteiger partial charge in [-0.25, -0.2) is 0 Å². The van der Waals surface area contributed by atoms with E-state index in [1.54, 1.807) is 35.2 Å². The van der Waals surface area contributed by atoms with Crippen molar-refractivity contribution in [3.63, 3.8) is 0 Å². The van der Waals surface area contributed by atoms with Crippen LogP contribution in [0, 0.1) is 17.8 Å². The summed E-state index contributed by atoms with van der Waals surface area (Å²) in [5, 5.41) is 34.7. The van der Waals surface area contributed by atoms with Crippen molar-refractivity contribution in [3.05, 3.63) is 69.8 Å². The Kier molecular flexibility index (Phi) is 11.5. The molecule has 0 bridgehead atoms. The summed E-state index contributed by atoms with van der Waals surface area (Å²) < 4.78 is 18.3. The van der Waals surface area contributed by atoms with Crippen molar-refractivity contribution in [2.75, 3.05) is 26.9 Å². The summed E-state index contributed by atoms with van der Waals surface area (Å²) in [5.41, 5.74) is 2.22. The van der Waals surface area contributed by atoms with Crippen molar-refractivity contribution < 1.29 is 39.1 Å². The quantitative estimate of drug-likeness (QED) is 0.266. The van der Waals surface area contributed by atoms with Crippen LogP contribution in [0.2, 0.25) is 5.02 Å². The fourth-order valence-corrected chi connectivity index (χ4v) is 7.46. The molecule has 5 rings (SSSR count). The number of aliphatic hydroxyl groups excluding tert-OH is 3. The maximum atomic E-state index is 14.2. The molecule has 47 heavy (non-hydrogen) atoms. The lowest BCUT2D eigenvalue weighted by Gasteiger charge is -2.41. The lowest BCUT2D eigenvalue weighted by atomic mass is 9.75. The van der Waals surface area contributed by atoms with E-state index in [0.29, 0.717) is 45.4 Å². The molecule has 2 aromatic carbocycles. The van der Waals surface area contributed by atoms with Gasteiger partial charge in [-0.3, -0.25) is 9.59 Å². The molecule has 1 heterocycles. The van der Waals surface area contributed by atoms with Gasteiger partial charge < -0.3 is 39.7 Å². The summed E-state index contributed by atoms with van der Waals surface area (Å²) in [6.07, 6.45) is 2.45. The molecule has 2 aliphatic carbocycles. The monoisotopic (exact) mass is 670 g/mol. The number of hydrogen-bond donors (Lipinski definition) is 4. The molecular formula is C36H47ClN2O8. The van der Waals surface area contributed by atoms with E-state index >= 15 is 0 Å². The molecule has 2 amide bonds. The van der Waals surface area contributed by atoms with Crippen LogP contribution in [0.4, 0.5) is 0 Å². The third-order valence-corrected chi connectivity index (χ3v) is 10.1. The highest BCUT2D eigenvalue weighted by atomic mass is 35.5. The second kappa shape index (κ2) is 15.4. The van der Waals surface area contributed by atoms with E-state index in [9.17, 15) is 24.9 Å². The summed E-state index contributed by atoms with van der Waals surface area (Å²) in [6, 6.07) is 9.56. The zero-order valence-electron chi connectivity index (χ0n) is 27.5. The van der Waals surface area contributed by atoms with Gasteiger partial charge >= 0.3 is 0 Å². The Labute approximate surface area is 281 Å². The van der Waals surface area contributed by atoms with Gasteiger partial charge in [0.05, 0.1) is 38.4 Å². The predicted octanol–water partition coefficient (Wildman–Crippen LogP) is 3.97. The van der Waals surface area contributed by atoms with Gasteiger partial charge in [-0.05, 0) is 72.1 Å². The van der Waals surface area contributed by atoms with E-state index in [1.165, 1.54) is 7.11 Å². The number of methoxy groups -OCH3 is 1. The molecule has 10 nitrogen and oxygen atoms in total. The van der Waals surface area contributed by atoms with Crippen LogP contribution in [-0.4, -0.2) is 83.3 Å². The number of ether oxygens (including phenoxy) is 3. The number of amides is 2. The fourth-order valence-electron chi connectivity index (χ4n) is 7.33. The standard InChI is InChI=1S/C36H47ClN2O8/c1-20(2)25-10-5-21(3)13-29(25)46-19-31(42)39(17-22-6-8-24(37)9-7-22)28-16-27(36(44)38-11-12-40)32-26-14-23(18-41)15-30(45-4)34(26)47-35(32)33(28)43/h6-9,14-16,20-21,25,28-29,32-33,35,40-41,43H,5,10-13,17-19H2,1-4H3,(H,38,44)/t21-,25+,28+,29-,32-,33-,35-/m0/s1. The first kappa shape index (κ1) is 35.2. The Bertz CT molecular complexity index is 1450. The van der Waals surface area contributed by atoms with Gasteiger partial charge in [-0.15, -0.1) is 0 Å². The van der Waals surface area contributed by atoms with E-state index in [0.717, 1.165) is 24.8 Å². The summed E-state index contributed by atoms with van der Waals surface area (Å²) in [5.74, 6) is 0.489. The van der Waals surface area contributed by atoms with Crippen LogP contribution in [0.1, 0.15) is 62.6 Å². The average molecular weight is 671 g/mol. The molecule has 1 saturated carbocycles. The van der Waals surface area contributed by atoms with Crippen molar-refractivity contribution in [1.82, 2.24) is 10.2 Å². The fraction of sp³-hybridized carbons (Fsp3) is 0.556. The van der Waals surface area contributed by atoms with Gasteiger partial charge in [0.25, 0.3) is 0 Å². The molecule has 11 heteroatoms. The Hall–Kier alpha value is -3.15. The van der Waals surface area contributed by atoms with E-state index in [4.69, 9.17) is 25.8 Å². The van der Waals surface area contributed by atoms with Gasteiger partial charge in [0, 0.05) is 29.2 Å². The van der Waals surface area contributed by atoms with Gasteiger partial charge in [0.15, 0.2) is 11.5 Å². The van der Waals surface area contributed by atoms with Crippen LogP contribution in [0.25, 0.3) is 0 Å². The Morgan fingerprint density at radius 3 is 2.53 bits per heavy atom. The first-order valence-electron chi connectivity index (χ1n) is 16.5. The molecule has 1 fully saturated rings. The van der Waals surface area contributed by atoms with E-state index in [1.807, 2.05) is 12.1 Å². The molecule has 2 aromatic rings. The van der Waals surface area contributed by atoms with Crippen LogP contribution < -0.4 is 14.8 Å². The first-order chi connectivity index (χ1) is 22.6. The second-order valence-electron chi connectivity index (χ2n) is 13.3. The number of benzene rings is 2. The van der Waals surface area contributed by atoms with Gasteiger partial charge in [0.2, 0.25) is 11.8 Å². The van der Waals surface area contributed by atoms with Gasteiger partial charge in [-0.1, -0.05) is 50.9 Å². The number of nitrogens with zero attached hydrogens (tertiary/aromatic N) is 1. The SMILES string of the molecule is COc1cc(CO)cc2c1O[C@@H]1[C@@H](O)[C@H](N(Cc3ccc(Cl)cc3)C(=O)CO[C@H]3C[C@@H](C)CC[C@@H]3C(C)C)C=C(C(=O)NCCO)[C@H]21. The van der Waals surface area contributed by atoms with Crippen molar-refractivity contribution in [2.24, 2.45) is 17.8 Å². The maximum absolute atomic E-state index is 14.2. The number of rotatable bonds is 12. The number of hydrogen-bond acceptors (Lipinski definition) is 8. The van der Waals surface area contributed by atoms with Crippen LogP contribution >= 0.6 is 11.6 Å². The summed E-state index contributed by atoms with van der Waals surface area (Å²) in [7, 11) is 1.48. The second-order valence-corrected chi connectivity index (χ2v) is 13.8. The smallest absolute Gasteiger partial charge is 0.249 e. The Morgan fingerprint density at radius 2 is 1.87 bits per heavy atom. The van der Waals surface area contributed by atoms with Crippen molar-refractivity contribution in [3.8, 4) is 11.5 Å². The van der Waals surface area contributed by atoms with E-state index in [2.05, 4.69) is 26.1 Å². The van der Waals surface area contributed by atoms with Gasteiger partial charge in [-0.2, -0.15) is 0 Å². The highest BCUT2D eigenvalue weighted by Gasteiger charge is 2.51. The minimum Gasteiger partial charge on any atom is -0.493 e. The lowest BCUT2D eigenvalue weighted by Crippen LogP contribution is -2.56. The molecule has 0 spiro atoms. The molecule has 0 unspecified atom stereocenters. The topological polar surface area (TPSA) is 138 Å². The third kappa shape index (κ3) is 7.62. The average Bonchev–Trinajstić information content (AvgIpc) is 3.45. The lowest BCUT2D eigenvalue weighted by molar-refractivity contribution is -0.148. The summed E-state index contributed by atoms with van der Waals surface area (Å²) in [4.78, 5) is 29.4. The summed E-state index contributed by atoms with van der Waals surface area (Å²) in [6.45, 7) is 6.03. The third-order valence-electron chi connectivity index (χ3n) is 9.82. The number of aliphatic hydroxyl groups is 3. The normalized spacial score (nSPS) is 26.6. The molecule has 7 atom stereocenters. The van der Waals surface area contributed by atoms with Crippen molar-refractivity contribution >= 4 is 23.4 Å². The molecule has 256 valence electrons. The number of carbonyl (C=O) groups excluding carboxylic acids is 2. The largest absolute Gasteiger partial charge is 0.493 e. The van der Waals surface area contributed by atoms with Crippen LogP contribution in [0.15, 0.2) is 48.0 Å². The number of halogens is 1. The highest BCUT2D eigenvalue weighted by molar-refractivity contribution is 6.30. The molecule has 4 N–H and O–H groups in total. The number of fused-ring (bicyclic) bond motifs is 3. The molecule has 0 saturated heterocycles. The molecule has 0 aromatic heterocycles.